The van der Waals surface area contributed by atoms with Crippen molar-refractivity contribution in [3.8, 4) is 0 Å². The largest absolute Gasteiger partial charge is 0.408 e. The second kappa shape index (κ2) is 5.82. The first-order valence-electron chi connectivity index (χ1n) is 4.91. The van der Waals surface area contributed by atoms with Crippen molar-refractivity contribution in [2.24, 2.45) is 5.73 Å². The summed E-state index contributed by atoms with van der Waals surface area (Å²) in [6.45, 7) is -1.66. The number of alkyl halides is 3. The Morgan fingerprint density at radius 3 is 2.59 bits per heavy atom. The van der Waals surface area contributed by atoms with Crippen molar-refractivity contribution in [2.75, 3.05) is 31.1 Å². The topological polar surface area (TPSA) is 88.4 Å². The van der Waals surface area contributed by atoms with Gasteiger partial charge in [-0.25, -0.2) is 0 Å². The molecule has 0 atom stereocenters. The Balaban J connectivity index is 2.74. The van der Waals surface area contributed by atoms with Gasteiger partial charge in [-0.3, -0.25) is 0 Å². The number of halogens is 3. The second-order valence-electron chi connectivity index (χ2n) is 3.28. The number of aromatic nitrogens is 2. The Bertz CT molecular complexity index is 342. The summed E-state index contributed by atoms with van der Waals surface area (Å²) in [5.41, 5.74) is 5.24. The van der Waals surface area contributed by atoms with Crippen LogP contribution < -0.4 is 10.6 Å². The lowest BCUT2D eigenvalue weighted by Gasteiger charge is -2.20. The van der Waals surface area contributed by atoms with E-state index in [1.807, 2.05) is 0 Å². The molecule has 0 aliphatic rings. The van der Waals surface area contributed by atoms with Gasteiger partial charge in [0.25, 0.3) is 0 Å². The molecular weight excluding hydrogens is 241 g/mol. The van der Waals surface area contributed by atoms with Crippen LogP contribution in [0.25, 0.3) is 0 Å². The van der Waals surface area contributed by atoms with E-state index in [2.05, 4.69) is 10.2 Å². The zero-order valence-corrected chi connectivity index (χ0v) is 8.94. The molecule has 9 heteroatoms. The van der Waals surface area contributed by atoms with Gasteiger partial charge in [-0.15, -0.1) is 5.10 Å². The molecule has 0 fully saturated rings. The molecule has 1 aromatic heterocycles. The molecule has 0 bridgehead atoms. The second-order valence-corrected chi connectivity index (χ2v) is 3.28. The maximum Gasteiger partial charge on any atom is 0.406 e. The number of aliphatic hydroxyl groups excluding tert-OH is 1. The monoisotopic (exact) mass is 254 g/mol. The highest BCUT2D eigenvalue weighted by molar-refractivity contribution is 5.24. The minimum Gasteiger partial charge on any atom is -0.408 e. The third kappa shape index (κ3) is 4.57. The molecule has 1 rings (SSSR count). The van der Waals surface area contributed by atoms with Crippen LogP contribution in [0.1, 0.15) is 5.89 Å². The van der Waals surface area contributed by atoms with Crippen LogP contribution in [-0.2, 0) is 6.42 Å². The number of nitrogens with two attached hydrogens (primary N) is 1. The van der Waals surface area contributed by atoms with Gasteiger partial charge in [0.15, 0.2) is 0 Å². The minimum absolute atomic E-state index is 0.174. The molecule has 0 saturated carbocycles. The lowest BCUT2D eigenvalue weighted by molar-refractivity contribution is -0.120. The molecular formula is C8H13F3N4O2. The first kappa shape index (κ1) is 13.7. The number of anilines is 1. The van der Waals surface area contributed by atoms with Crippen molar-refractivity contribution in [2.45, 2.75) is 12.6 Å². The van der Waals surface area contributed by atoms with Crippen LogP contribution in [0.5, 0.6) is 0 Å². The molecule has 0 unspecified atom stereocenters. The van der Waals surface area contributed by atoms with E-state index in [1.54, 1.807) is 0 Å². The summed E-state index contributed by atoms with van der Waals surface area (Å²) in [6, 6.07) is -0.264. The van der Waals surface area contributed by atoms with E-state index in [1.165, 1.54) is 0 Å². The van der Waals surface area contributed by atoms with E-state index in [9.17, 15) is 13.2 Å². The summed E-state index contributed by atoms with van der Waals surface area (Å²) >= 11 is 0. The average Bonchev–Trinajstić information content (AvgIpc) is 2.64. The Kier molecular flexibility index (Phi) is 4.70. The summed E-state index contributed by atoms with van der Waals surface area (Å²) in [4.78, 5) is 0.771. The molecule has 0 spiro atoms. The number of aliphatic hydroxyl groups is 1. The first-order valence-corrected chi connectivity index (χ1v) is 4.91. The fourth-order valence-corrected chi connectivity index (χ4v) is 1.18. The van der Waals surface area contributed by atoms with Crippen LogP contribution in [0.4, 0.5) is 19.2 Å². The van der Waals surface area contributed by atoms with E-state index in [4.69, 9.17) is 15.3 Å². The van der Waals surface area contributed by atoms with Gasteiger partial charge in [-0.05, 0) is 0 Å². The lowest BCUT2D eigenvalue weighted by Crippen LogP contribution is -2.36. The molecule has 0 aromatic carbocycles. The highest BCUT2D eigenvalue weighted by Crippen LogP contribution is 2.20. The number of hydrogen-bond acceptors (Lipinski definition) is 6. The van der Waals surface area contributed by atoms with Crippen LogP contribution in [0.15, 0.2) is 4.42 Å². The molecule has 17 heavy (non-hydrogen) atoms. The van der Waals surface area contributed by atoms with E-state index in [-0.39, 0.29) is 25.0 Å². The predicted molar refractivity (Wildman–Crippen MR) is 52.4 cm³/mol. The molecule has 0 amide bonds. The summed E-state index contributed by atoms with van der Waals surface area (Å²) in [5, 5.41) is 15.7. The van der Waals surface area contributed by atoms with Gasteiger partial charge in [0, 0.05) is 19.5 Å². The van der Waals surface area contributed by atoms with Crippen LogP contribution in [0.2, 0.25) is 0 Å². The highest BCUT2D eigenvalue weighted by atomic mass is 19.4. The van der Waals surface area contributed by atoms with Crippen molar-refractivity contribution >= 4 is 6.01 Å². The van der Waals surface area contributed by atoms with Gasteiger partial charge >= 0.3 is 12.2 Å². The zero-order valence-electron chi connectivity index (χ0n) is 8.94. The maximum atomic E-state index is 12.2. The fourth-order valence-electron chi connectivity index (χ4n) is 1.18. The fraction of sp³-hybridized carbons (Fsp3) is 0.750. The summed E-state index contributed by atoms with van der Waals surface area (Å²) in [6.07, 6.45) is -4.11. The third-order valence-electron chi connectivity index (χ3n) is 1.82. The van der Waals surface area contributed by atoms with Gasteiger partial charge in [-0.1, -0.05) is 5.10 Å². The molecule has 1 heterocycles. The first-order chi connectivity index (χ1) is 7.96. The van der Waals surface area contributed by atoms with Crippen LogP contribution in [0.3, 0.4) is 0 Å². The van der Waals surface area contributed by atoms with Crippen LogP contribution >= 0.6 is 0 Å². The highest BCUT2D eigenvalue weighted by Gasteiger charge is 2.32. The van der Waals surface area contributed by atoms with Gasteiger partial charge in [0.1, 0.15) is 6.54 Å². The molecule has 3 N–H and O–H groups in total. The van der Waals surface area contributed by atoms with Crippen LogP contribution in [0, 0.1) is 0 Å². The van der Waals surface area contributed by atoms with Crippen LogP contribution in [-0.4, -0.2) is 47.7 Å². The van der Waals surface area contributed by atoms with Crippen molar-refractivity contribution < 1.29 is 22.7 Å². The normalized spacial score (nSPS) is 11.8. The number of hydrogen-bond donors (Lipinski definition) is 2. The zero-order chi connectivity index (χ0) is 12.9. The molecule has 0 saturated heterocycles. The average molecular weight is 254 g/mol. The smallest absolute Gasteiger partial charge is 0.406 e. The van der Waals surface area contributed by atoms with Gasteiger partial charge < -0.3 is 20.2 Å². The molecule has 0 aliphatic heterocycles. The predicted octanol–water partition coefficient (Wildman–Crippen LogP) is -0.0682. The van der Waals surface area contributed by atoms with Crippen molar-refractivity contribution in [3.05, 3.63) is 5.89 Å². The van der Waals surface area contributed by atoms with Gasteiger partial charge in [0.2, 0.25) is 5.89 Å². The van der Waals surface area contributed by atoms with Gasteiger partial charge in [0.05, 0.1) is 6.61 Å². The van der Waals surface area contributed by atoms with E-state index in [0.717, 1.165) is 4.90 Å². The molecule has 1 aromatic rings. The van der Waals surface area contributed by atoms with Gasteiger partial charge in [-0.2, -0.15) is 13.2 Å². The number of nitrogens with zero attached hydrogens (tertiary/aromatic N) is 3. The Morgan fingerprint density at radius 2 is 2.06 bits per heavy atom. The maximum absolute atomic E-state index is 12.2. The van der Waals surface area contributed by atoms with E-state index >= 15 is 0 Å². The molecule has 6 nitrogen and oxygen atoms in total. The van der Waals surface area contributed by atoms with Crippen molar-refractivity contribution in [1.29, 1.82) is 0 Å². The Hall–Kier alpha value is -1.35. The Morgan fingerprint density at radius 1 is 1.35 bits per heavy atom. The quantitative estimate of drug-likeness (QED) is 0.739. The summed E-state index contributed by atoms with van der Waals surface area (Å²) < 4.78 is 41.7. The van der Waals surface area contributed by atoms with E-state index < -0.39 is 19.3 Å². The molecule has 98 valence electrons. The van der Waals surface area contributed by atoms with Crippen molar-refractivity contribution in [3.63, 3.8) is 0 Å². The standard InChI is InChI=1S/C8H13F3N4O2/c9-8(10,11)5-15(3-4-16)7-14-13-6(17-7)1-2-12/h16H,1-5,12H2. The third-order valence-corrected chi connectivity index (χ3v) is 1.82. The summed E-state index contributed by atoms with van der Waals surface area (Å²) in [7, 11) is 0. The van der Waals surface area contributed by atoms with E-state index in [0.29, 0.717) is 6.42 Å². The van der Waals surface area contributed by atoms with Crippen molar-refractivity contribution in [1.82, 2.24) is 10.2 Å². The molecule has 0 radical (unpaired) electrons. The Labute approximate surface area is 95.2 Å². The summed E-state index contributed by atoms with van der Waals surface area (Å²) in [5.74, 6) is 0.174. The SMILES string of the molecule is NCCc1nnc(N(CCO)CC(F)(F)F)o1. The lowest BCUT2D eigenvalue weighted by atomic mass is 10.4. The number of rotatable bonds is 6. The minimum atomic E-state index is -4.41. The molecule has 0 aliphatic carbocycles.